The third-order valence-corrected chi connectivity index (χ3v) is 4.56. The summed E-state index contributed by atoms with van der Waals surface area (Å²) in [5, 5.41) is 2.62. The second kappa shape index (κ2) is 8.04. The van der Waals surface area contributed by atoms with Crippen molar-refractivity contribution in [2.24, 2.45) is 7.05 Å². The van der Waals surface area contributed by atoms with Crippen LogP contribution in [0, 0.1) is 12.7 Å². The average molecular weight is 381 g/mol. The molecule has 1 amide bonds. The fourth-order valence-electron chi connectivity index (χ4n) is 2.92. The minimum atomic E-state index is -0.429. The van der Waals surface area contributed by atoms with Gasteiger partial charge in [0.2, 0.25) is 5.91 Å². The van der Waals surface area contributed by atoms with Crippen LogP contribution in [0.4, 0.5) is 10.1 Å². The number of benzene rings is 2. The van der Waals surface area contributed by atoms with Gasteiger partial charge in [0.1, 0.15) is 11.5 Å². The summed E-state index contributed by atoms with van der Waals surface area (Å²) >= 11 is 0. The molecular weight excluding hydrogens is 361 g/mol. The molecule has 0 aliphatic rings. The van der Waals surface area contributed by atoms with Crippen LogP contribution in [-0.4, -0.2) is 21.1 Å². The Balaban J connectivity index is 1.72. The first kappa shape index (κ1) is 19.3. The van der Waals surface area contributed by atoms with Crippen molar-refractivity contribution in [3.63, 3.8) is 0 Å². The first-order valence-electron chi connectivity index (χ1n) is 8.81. The zero-order valence-electron chi connectivity index (χ0n) is 15.6. The quantitative estimate of drug-likeness (QED) is 0.667. The second-order valence-electron chi connectivity index (χ2n) is 6.41. The van der Waals surface area contributed by atoms with Crippen LogP contribution in [0.5, 0.6) is 0 Å². The van der Waals surface area contributed by atoms with Gasteiger partial charge < -0.3 is 5.32 Å². The van der Waals surface area contributed by atoms with Crippen molar-refractivity contribution in [3.05, 3.63) is 82.0 Å². The summed E-state index contributed by atoms with van der Waals surface area (Å²) < 4.78 is 16.1. The SMILES string of the molecule is Cc1c(NC(=O)CCC(=O)c2ccc(F)cc2)c(=O)n(-c2ccccc2)n1C. The van der Waals surface area contributed by atoms with Crippen LogP contribution in [0.25, 0.3) is 5.69 Å². The van der Waals surface area contributed by atoms with E-state index in [0.717, 1.165) is 0 Å². The largest absolute Gasteiger partial charge is 0.320 e. The molecule has 144 valence electrons. The molecular formula is C21H20FN3O3. The molecule has 0 atom stereocenters. The molecule has 0 aliphatic carbocycles. The minimum absolute atomic E-state index is 0.0315. The Hall–Kier alpha value is -3.48. The Morgan fingerprint density at radius 1 is 1.00 bits per heavy atom. The average Bonchev–Trinajstić information content (AvgIpc) is 2.90. The molecule has 3 aromatic rings. The Bertz CT molecular complexity index is 1070. The van der Waals surface area contributed by atoms with Gasteiger partial charge in [0.05, 0.1) is 11.4 Å². The van der Waals surface area contributed by atoms with E-state index >= 15 is 0 Å². The molecule has 0 aliphatic heterocycles. The van der Waals surface area contributed by atoms with Crippen molar-refractivity contribution in [2.75, 3.05) is 5.32 Å². The number of rotatable bonds is 6. The van der Waals surface area contributed by atoms with E-state index in [-0.39, 0.29) is 29.9 Å². The zero-order chi connectivity index (χ0) is 20.3. The molecule has 6 nitrogen and oxygen atoms in total. The maximum atomic E-state index is 12.9. The van der Waals surface area contributed by atoms with Crippen LogP contribution in [0.1, 0.15) is 28.9 Å². The lowest BCUT2D eigenvalue weighted by Gasteiger charge is -2.07. The lowest BCUT2D eigenvalue weighted by atomic mass is 10.1. The molecule has 7 heteroatoms. The maximum absolute atomic E-state index is 12.9. The van der Waals surface area contributed by atoms with Gasteiger partial charge in [-0.3, -0.25) is 19.1 Å². The van der Waals surface area contributed by atoms with Gasteiger partial charge in [-0.25, -0.2) is 9.07 Å². The zero-order valence-corrected chi connectivity index (χ0v) is 15.6. The number of aromatic nitrogens is 2. The minimum Gasteiger partial charge on any atom is -0.320 e. The lowest BCUT2D eigenvalue weighted by Crippen LogP contribution is -2.23. The highest BCUT2D eigenvalue weighted by Crippen LogP contribution is 2.15. The highest BCUT2D eigenvalue weighted by molar-refractivity contribution is 6.00. The van der Waals surface area contributed by atoms with Gasteiger partial charge in [0, 0.05) is 25.5 Å². The summed E-state index contributed by atoms with van der Waals surface area (Å²) in [6.45, 7) is 1.74. The van der Waals surface area contributed by atoms with Crippen molar-refractivity contribution in [1.29, 1.82) is 0 Å². The first-order valence-corrected chi connectivity index (χ1v) is 8.81. The second-order valence-corrected chi connectivity index (χ2v) is 6.41. The van der Waals surface area contributed by atoms with Crippen molar-refractivity contribution in [2.45, 2.75) is 19.8 Å². The van der Waals surface area contributed by atoms with Gasteiger partial charge in [-0.2, -0.15) is 0 Å². The van der Waals surface area contributed by atoms with Gasteiger partial charge in [0.15, 0.2) is 5.78 Å². The van der Waals surface area contributed by atoms with E-state index in [9.17, 15) is 18.8 Å². The highest BCUT2D eigenvalue weighted by atomic mass is 19.1. The fourth-order valence-corrected chi connectivity index (χ4v) is 2.92. The third kappa shape index (κ3) is 3.93. The Morgan fingerprint density at radius 3 is 2.29 bits per heavy atom. The summed E-state index contributed by atoms with van der Waals surface area (Å²) in [4.78, 5) is 37.2. The van der Waals surface area contributed by atoms with Crippen molar-refractivity contribution >= 4 is 17.4 Å². The number of halogens is 1. The van der Waals surface area contributed by atoms with Gasteiger partial charge in [-0.05, 0) is 43.3 Å². The van der Waals surface area contributed by atoms with Crippen LogP contribution >= 0.6 is 0 Å². The predicted molar refractivity (Wildman–Crippen MR) is 104 cm³/mol. The van der Waals surface area contributed by atoms with Gasteiger partial charge in [0.25, 0.3) is 5.56 Å². The summed E-state index contributed by atoms with van der Waals surface area (Å²) in [7, 11) is 1.73. The van der Waals surface area contributed by atoms with E-state index in [0.29, 0.717) is 16.9 Å². The normalized spacial score (nSPS) is 10.7. The van der Waals surface area contributed by atoms with E-state index in [1.165, 1.54) is 28.9 Å². The summed E-state index contributed by atoms with van der Waals surface area (Å²) in [6, 6.07) is 14.3. The molecule has 0 saturated heterocycles. The molecule has 0 radical (unpaired) electrons. The lowest BCUT2D eigenvalue weighted by molar-refractivity contribution is -0.116. The number of anilines is 1. The van der Waals surface area contributed by atoms with Crippen LogP contribution in [0.2, 0.25) is 0 Å². The molecule has 1 N–H and O–H groups in total. The standard InChI is InChI=1S/C21H20FN3O3/c1-14-20(21(28)25(24(14)2)17-6-4-3-5-7-17)23-19(27)13-12-18(26)15-8-10-16(22)11-9-15/h3-11H,12-13H2,1-2H3,(H,23,27). The maximum Gasteiger partial charge on any atom is 0.295 e. The molecule has 2 aromatic carbocycles. The van der Waals surface area contributed by atoms with E-state index in [2.05, 4.69) is 5.32 Å². The number of nitrogens with one attached hydrogen (secondary N) is 1. The Morgan fingerprint density at radius 2 is 1.64 bits per heavy atom. The number of Topliss-reactive ketones (excluding diaryl/α,β-unsaturated/α-hetero) is 1. The molecule has 0 unspecified atom stereocenters. The Labute approximate surface area is 161 Å². The molecule has 0 fully saturated rings. The Kier molecular flexibility index (Phi) is 5.54. The monoisotopic (exact) mass is 381 g/mol. The molecule has 0 spiro atoms. The summed E-state index contributed by atoms with van der Waals surface area (Å²) in [6.07, 6.45) is -0.106. The van der Waals surface area contributed by atoms with Crippen LogP contribution in [0.15, 0.2) is 59.4 Å². The smallest absolute Gasteiger partial charge is 0.295 e. The van der Waals surface area contributed by atoms with E-state index < -0.39 is 11.7 Å². The van der Waals surface area contributed by atoms with Crippen LogP contribution < -0.4 is 10.9 Å². The van der Waals surface area contributed by atoms with Crippen LogP contribution in [-0.2, 0) is 11.8 Å². The number of para-hydroxylation sites is 1. The topological polar surface area (TPSA) is 73.1 Å². The van der Waals surface area contributed by atoms with E-state index in [4.69, 9.17) is 0 Å². The predicted octanol–water partition coefficient (Wildman–Crippen LogP) is 3.23. The summed E-state index contributed by atoms with van der Waals surface area (Å²) in [5.74, 6) is -1.12. The van der Waals surface area contributed by atoms with Crippen molar-refractivity contribution in [1.82, 2.24) is 9.36 Å². The number of carbonyl (C=O) groups is 2. The van der Waals surface area contributed by atoms with Gasteiger partial charge in [-0.1, -0.05) is 18.2 Å². The van der Waals surface area contributed by atoms with Crippen molar-refractivity contribution in [3.8, 4) is 5.69 Å². The number of hydrogen-bond acceptors (Lipinski definition) is 3. The van der Waals surface area contributed by atoms with Gasteiger partial charge in [-0.15, -0.1) is 0 Å². The summed E-state index contributed by atoms with van der Waals surface area (Å²) in [5.41, 5.74) is 1.48. The number of carbonyl (C=O) groups excluding carboxylic acids is 2. The molecule has 28 heavy (non-hydrogen) atoms. The highest BCUT2D eigenvalue weighted by Gasteiger charge is 2.18. The van der Waals surface area contributed by atoms with Crippen LogP contribution in [0.3, 0.4) is 0 Å². The molecule has 0 saturated carbocycles. The molecule has 0 bridgehead atoms. The van der Waals surface area contributed by atoms with Gasteiger partial charge >= 0.3 is 0 Å². The first-order chi connectivity index (χ1) is 13.4. The van der Waals surface area contributed by atoms with Crippen molar-refractivity contribution < 1.29 is 14.0 Å². The third-order valence-electron chi connectivity index (χ3n) is 4.56. The molecule has 1 aromatic heterocycles. The number of hydrogen-bond donors (Lipinski definition) is 1. The number of amides is 1. The molecule has 1 heterocycles. The molecule has 3 rings (SSSR count). The van der Waals surface area contributed by atoms with E-state index in [1.54, 1.807) is 30.8 Å². The number of ketones is 1. The number of nitrogens with zero attached hydrogens (tertiary/aromatic N) is 2. The fraction of sp³-hybridized carbons (Fsp3) is 0.190. The van der Waals surface area contributed by atoms with E-state index in [1.807, 2.05) is 18.2 Å².